The van der Waals surface area contributed by atoms with E-state index in [-0.39, 0.29) is 11.6 Å². The molecule has 1 heterocycles. The molecule has 0 fully saturated rings. The third kappa shape index (κ3) is 2.36. The smallest absolute Gasteiger partial charge is 0.165 e. The highest BCUT2D eigenvalue weighted by Gasteiger charge is 2.10. The van der Waals surface area contributed by atoms with Crippen molar-refractivity contribution < 1.29 is 9.13 Å². The second-order valence-electron chi connectivity index (χ2n) is 4.02. The Morgan fingerprint density at radius 3 is 2.78 bits per heavy atom. The van der Waals surface area contributed by atoms with E-state index in [1.54, 1.807) is 10.7 Å². The van der Waals surface area contributed by atoms with Gasteiger partial charge in [0.15, 0.2) is 11.6 Å². The first-order valence-electron chi connectivity index (χ1n) is 5.67. The van der Waals surface area contributed by atoms with Crippen molar-refractivity contribution in [2.45, 2.75) is 6.54 Å². The molecule has 0 spiro atoms. The third-order valence-corrected chi connectivity index (χ3v) is 2.74. The molecule has 1 N–H and O–H groups in total. The minimum absolute atomic E-state index is 0.247. The minimum atomic E-state index is -0.369. The zero-order valence-electron chi connectivity index (χ0n) is 10.7. The average molecular weight is 249 g/mol. The summed E-state index contributed by atoms with van der Waals surface area (Å²) in [7, 11) is 5.16. The molecule has 0 radical (unpaired) electrons. The summed E-state index contributed by atoms with van der Waals surface area (Å²) < 4.78 is 20.3. The summed E-state index contributed by atoms with van der Waals surface area (Å²) in [5.74, 6) is -0.122. The first-order chi connectivity index (χ1) is 8.65. The number of nitrogens with one attached hydrogen (secondary N) is 1. The molecule has 4 nitrogen and oxygen atoms in total. The Morgan fingerprint density at radius 1 is 1.39 bits per heavy atom. The number of hydrogen-bond donors (Lipinski definition) is 1. The van der Waals surface area contributed by atoms with Gasteiger partial charge in [-0.3, -0.25) is 4.68 Å². The van der Waals surface area contributed by atoms with Crippen molar-refractivity contribution in [2.24, 2.45) is 7.05 Å². The van der Waals surface area contributed by atoms with Crippen LogP contribution in [-0.2, 0) is 13.6 Å². The lowest BCUT2D eigenvalue weighted by atomic mass is 10.1. The van der Waals surface area contributed by atoms with Gasteiger partial charge in [-0.15, -0.1) is 0 Å². The summed E-state index contributed by atoms with van der Waals surface area (Å²) in [6.45, 7) is 0.687. The van der Waals surface area contributed by atoms with Crippen LogP contribution in [0, 0.1) is 5.82 Å². The molecular formula is C13H16FN3O. The van der Waals surface area contributed by atoms with Gasteiger partial charge in [0.25, 0.3) is 0 Å². The van der Waals surface area contributed by atoms with E-state index in [4.69, 9.17) is 4.74 Å². The monoisotopic (exact) mass is 249 g/mol. The van der Waals surface area contributed by atoms with Crippen LogP contribution >= 0.6 is 0 Å². The number of hydrogen-bond acceptors (Lipinski definition) is 3. The molecule has 0 amide bonds. The van der Waals surface area contributed by atoms with Crippen LogP contribution in [0.2, 0.25) is 0 Å². The van der Waals surface area contributed by atoms with E-state index in [1.165, 1.54) is 13.2 Å². The lowest BCUT2D eigenvalue weighted by molar-refractivity contribution is 0.386. The van der Waals surface area contributed by atoms with Gasteiger partial charge in [-0.05, 0) is 31.3 Å². The van der Waals surface area contributed by atoms with Crippen molar-refractivity contribution in [1.29, 1.82) is 0 Å². The van der Waals surface area contributed by atoms with Crippen molar-refractivity contribution in [3.63, 3.8) is 0 Å². The number of nitrogens with zero attached hydrogens (tertiary/aromatic N) is 2. The summed E-state index contributed by atoms with van der Waals surface area (Å²) >= 11 is 0. The van der Waals surface area contributed by atoms with Gasteiger partial charge in [-0.25, -0.2) is 4.39 Å². The molecule has 0 unspecified atom stereocenters. The first-order valence-corrected chi connectivity index (χ1v) is 5.67. The summed E-state index contributed by atoms with van der Waals surface area (Å²) in [6.07, 6.45) is 0. The summed E-state index contributed by atoms with van der Waals surface area (Å²) in [5, 5.41) is 7.39. The van der Waals surface area contributed by atoms with Crippen molar-refractivity contribution in [1.82, 2.24) is 15.1 Å². The maximum absolute atomic E-state index is 13.7. The van der Waals surface area contributed by atoms with Crippen molar-refractivity contribution in [3.8, 4) is 17.0 Å². The molecule has 18 heavy (non-hydrogen) atoms. The van der Waals surface area contributed by atoms with Gasteiger partial charge in [0.2, 0.25) is 0 Å². The fraction of sp³-hybridized carbons (Fsp3) is 0.308. The fourth-order valence-electron chi connectivity index (χ4n) is 1.89. The number of ether oxygens (including phenoxy) is 1. The van der Waals surface area contributed by atoms with Gasteiger partial charge in [-0.2, -0.15) is 5.10 Å². The second kappa shape index (κ2) is 5.18. The zero-order valence-corrected chi connectivity index (χ0v) is 10.7. The van der Waals surface area contributed by atoms with Crippen LogP contribution in [-0.4, -0.2) is 23.9 Å². The summed E-state index contributed by atoms with van der Waals surface area (Å²) in [5.41, 5.74) is 2.58. The van der Waals surface area contributed by atoms with Gasteiger partial charge in [0.1, 0.15) is 0 Å². The topological polar surface area (TPSA) is 39.1 Å². The Bertz CT molecular complexity index is 551. The van der Waals surface area contributed by atoms with Crippen LogP contribution in [0.5, 0.6) is 5.75 Å². The fourth-order valence-corrected chi connectivity index (χ4v) is 1.89. The predicted molar refractivity (Wildman–Crippen MR) is 67.9 cm³/mol. The van der Waals surface area contributed by atoms with Crippen LogP contribution in [0.1, 0.15) is 5.69 Å². The highest BCUT2D eigenvalue weighted by atomic mass is 19.1. The first kappa shape index (κ1) is 12.6. The number of aromatic nitrogens is 2. The molecule has 0 saturated heterocycles. The molecule has 96 valence electrons. The van der Waals surface area contributed by atoms with Crippen molar-refractivity contribution >= 4 is 0 Å². The maximum atomic E-state index is 13.7. The standard InChI is InChI=1S/C13H16FN3O/c1-15-8-10-7-12(17(2)16-10)9-4-5-13(18-3)11(14)6-9/h4-7,15H,8H2,1-3H3. The lowest BCUT2D eigenvalue weighted by Crippen LogP contribution is -2.05. The van der Waals surface area contributed by atoms with E-state index < -0.39 is 0 Å². The molecule has 2 rings (SSSR count). The number of methoxy groups -OCH3 is 1. The SMILES string of the molecule is CNCc1cc(-c2ccc(OC)c(F)c2)n(C)n1. The van der Waals surface area contributed by atoms with Gasteiger partial charge in [0.05, 0.1) is 18.5 Å². The average Bonchev–Trinajstić information content (AvgIpc) is 2.71. The number of aryl methyl sites for hydroxylation is 1. The van der Waals surface area contributed by atoms with Crippen LogP contribution in [0.15, 0.2) is 24.3 Å². The molecule has 1 aromatic carbocycles. The quantitative estimate of drug-likeness (QED) is 0.900. The highest BCUT2D eigenvalue weighted by Crippen LogP contribution is 2.25. The summed E-state index contributed by atoms with van der Waals surface area (Å²) in [4.78, 5) is 0. The van der Waals surface area contributed by atoms with E-state index in [9.17, 15) is 4.39 Å². The Kier molecular flexibility index (Phi) is 3.62. The van der Waals surface area contributed by atoms with Gasteiger partial charge < -0.3 is 10.1 Å². The van der Waals surface area contributed by atoms with Crippen LogP contribution < -0.4 is 10.1 Å². The number of benzene rings is 1. The van der Waals surface area contributed by atoms with Gasteiger partial charge in [-0.1, -0.05) is 0 Å². The third-order valence-electron chi connectivity index (χ3n) is 2.74. The van der Waals surface area contributed by atoms with E-state index in [1.807, 2.05) is 26.2 Å². The number of rotatable bonds is 4. The largest absolute Gasteiger partial charge is 0.494 e. The van der Waals surface area contributed by atoms with Crippen LogP contribution in [0.3, 0.4) is 0 Å². The molecule has 0 atom stereocenters. The minimum Gasteiger partial charge on any atom is -0.494 e. The molecule has 1 aromatic heterocycles. The van der Waals surface area contributed by atoms with E-state index in [2.05, 4.69) is 10.4 Å². The van der Waals surface area contributed by atoms with Crippen molar-refractivity contribution in [2.75, 3.05) is 14.2 Å². The highest BCUT2D eigenvalue weighted by molar-refractivity contribution is 5.61. The number of halogens is 1. The Balaban J connectivity index is 2.39. The molecular weight excluding hydrogens is 233 g/mol. The molecule has 5 heteroatoms. The van der Waals surface area contributed by atoms with E-state index in [0.717, 1.165) is 17.0 Å². The summed E-state index contributed by atoms with van der Waals surface area (Å²) in [6, 6.07) is 6.84. The second-order valence-corrected chi connectivity index (χ2v) is 4.02. The van der Waals surface area contributed by atoms with E-state index in [0.29, 0.717) is 6.54 Å². The molecule has 0 aliphatic carbocycles. The van der Waals surface area contributed by atoms with Gasteiger partial charge >= 0.3 is 0 Å². The normalized spacial score (nSPS) is 10.7. The lowest BCUT2D eigenvalue weighted by Gasteiger charge is -2.05. The molecule has 0 aliphatic rings. The van der Waals surface area contributed by atoms with E-state index >= 15 is 0 Å². The molecule has 2 aromatic rings. The Labute approximate surface area is 105 Å². The van der Waals surface area contributed by atoms with Crippen molar-refractivity contribution in [3.05, 3.63) is 35.8 Å². The van der Waals surface area contributed by atoms with Crippen LogP contribution in [0.25, 0.3) is 11.3 Å². The molecule has 0 aliphatic heterocycles. The Morgan fingerprint density at radius 2 is 2.17 bits per heavy atom. The zero-order chi connectivity index (χ0) is 13.1. The van der Waals surface area contributed by atoms with Gasteiger partial charge in [0, 0.05) is 19.2 Å². The maximum Gasteiger partial charge on any atom is 0.165 e. The molecule has 0 bridgehead atoms. The Hall–Kier alpha value is -1.88. The predicted octanol–water partition coefficient (Wildman–Crippen LogP) is 1.95. The molecule has 0 saturated carbocycles. The van der Waals surface area contributed by atoms with Crippen LogP contribution in [0.4, 0.5) is 4.39 Å².